The standard InChI is InChI=1S/C26H30ClN3O2S/c1-17-11-18(2)16-30(15-17)10-4-9-28-25(31)20-7-8-23-22(14-20)29-26(32)24(33-23)13-19-5-3-6-21(27)12-19/h3,5-8,12-14,17-18H,4,9-11,15-16H2,1-2H3,(H,28,31)(H,29,32)/b24-13+. The molecule has 2 unspecified atom stereocenters. The van der Waals surface area contributed by atoms with Gasteiger partial charge in [-0.1, -0.05) is 49.3 Å². The fourth-order valence-electron chi connectivity index (χ4n) is 4.63. The van der Waals surface area contributed by atoms with Crippen molar-refractivity contribution in [2.45, 2.75) is 31.6 Å². The SMILES string of the molecule is CC1CC(C)CN(CCCNC(=O)c2ccc3c(c2)NC(=O)/C(=C\c2cccc(Cl)c2)S3)C1. The third-order valence-corrected chi connectivity index (χ3v) is 7.30. The lowest BCUT2D eigenvalue weighted by Gasteiger charge is -2.34. The van der Waals surface area contributed by atoms with E-state index in [2.05, 4.69) is 29.4 Å². The fourth-order valence-corrected chi connectivity index (χ4v) is 5.76. The molecule has 7 heteroatoms. The Bertz CT molecular complexity index is 1060. The number of anilines is 1. The molecule has 2 heterocycles. The van der Waals surface area contributed by atoms with Gasteiger partial charge in [0.1, 0.15) is 0 Å². The van der Waals surface area contributed by atoms with Crippen LogP contribution in [0.3, 0.4) is 0 Å². The summed E-state index contributed by atoms with van der Waals surface area (Å²) in [6.45, 7) is 8.57. The third kappa shape index (κ3) is 6.40. The first kappa shape index (κ1) is 23.9. The molecular weight excluding hydrogens is 454 g/mol. The first-order chi connectivity index (χ1) is 15.9. The smallest absolute Gasteiger partial charge is 0.262 e. The van der Waals surface area contributed by atoms with Crippen LogP contribution in [-0.4, -0.2) is 42.9 Å². The lowest BCUT2D eigenvalue weighted by Crippen LogP contribution is -2.40. The molecule has 0 aromatic heterocycles. The van der Waals surface area contributed by atoms with Gasteiger partial charge in [-0.05, 0) is 73.2 Å². The van der Waals surface area contributed by atoms with Crippen LogP contribution in [-0.2, 0) is 4.79 Å². The van der Waals surface area contributed by atoms with Gasteiger partial charge in [-0.3, -0.25) is 9.59 Å². The quantitative estimate of drug-likeness (QED) is 0.419. The average molecular weight is 484 g/mol. The van der Waals surface area contributed by atoms with Crippen molar-refractivity contribution in [3.05, 3.63) is 63.5 Å². The van der Waals surface area contributed by atoms with E-state index in [1.54, 1.807) is 12.1 Å². The molecule has 2 N–H and O–H groups in total. The molecule has 1 fully saturated rings. The molecular formula is C26H30ClN3O2S. The normalized spacial score (nSPS) is 22.0. The zero-order valence-corrected chi connectivity index (χ0v) is 20.6. The number of carbonyl (C=O) groups is 2. The number of fused-ring (bicyclic) bond motifs is 1. The summed E-state index contributed by atoms with van der Waals surface area (Å²) in [4.78, 5) is 29.2. The zero-order chi connectivity index (χ0) is 23.4. The predicted octanol–water partition coefficient (Wildman–Crippen LogP) is 5.52. The molecule has 2 aromatic rings. The molecule has 0 spiro atoms. The van der Waals surface area contributed by atoms with Crippen molar-refractivity contribution in [1.82, 2.24) is 10.2 Å². The van der Waals surface area contributed by atoms with Crippen LogP contribution in [0.4, 0.5) is 5.69 Å². The Balaban J connectivity index is 1.32. The van der Waals surface area contributed by atoms with Crippen molar-refractivity contribution in [1.29, 1.82) is 0 Å². The maximum atomic E-state index is 12.6. The number of nitrogens with zero attached hydrogens (tertiary/aromatic N) is 1. The monoisotopic (exact) mass is 483 g/mol. The average Bonchev–Trinajstić information content (AvgIpc) is 2.76. The van der Waals surface area contributed by atoms with Crippen molar-refractivity contribution < 1.29 is 9.59 Å². The number of hydrogen-bond donors (Lipinski definition) is 2. The van der Waals surface area contributed by atoms with Crippen LogP contribution < -0.4 is 10.6 Å². The van der Waals surface area contributed by atoms with E-state index in [4.69, 9.17) is 11.6 Å². The maximum absolute atomic E-state index is 12.6. The van der Waals surface area contributed by atoms with E-state index in [0.717, 1.165) is 48.3 Å². The summed E-state index contributed by atoms with van der Waals surface area (Å²) in [5, 5.41) is 6.55. The van der Waals surface area contributed by atoms with Gasteiger partial charge >= 0.3 is 0 Å². The van der Waals surface area contributed by atoms with Crippen LogP contribution in [0.15, 0.2) is 52.3 Å². The second kappa shape index (κ2) is 10.8. The number of hydrogen-bond acceptors (Lipinski definition) is 4. The Labute approximate surface area is 205 Å². The molecule has 5 nitrogen and oxygen atoms in total. The van der Waals surface area contributed by atoms with E-state index in [1.807, 2.05) is 36.4 Å². The minimum Gasteiger partial charge on any atom is -0.352 e. The number of amides is 2. The summed E-state index contributed by atoms with van der Waals surface area (Å²) in [6, 6.07) is 12.8. The first-order valence-corrected chi connectivity index (χ1v) is 12.7. The molecule has 33 heavy (non-hydrogen) atoms. The minimum atomic E-state index is -0.185. The van der Waals surface area contributed by atoms with Crippen LogP contribution in [0.2, 0.25) is 5.02 Å². The molecule has 2 aliphatic rings. The number of rotatable bonds is 6. The Morgan fingerprint density at radius 2 is 2.00 bits per heavy atom. The highest BCUT2D eigenvalue weighted by molar-refractivity contribution is 8.04. The summed E-state index contributed by atoms with van der Waals surface area (Å²) >= 11 is 7.44. The van der Waals surface area contributed by atoms with Crippen molar-refractivity contribution in [2.75, 3.05) is 31.5 Å². The summed E-state index contributed by atoms with van der Waals surface area (Å²) in [5.41, 5.74) is 2.09. The third-order valence-electron chi connectivity index (χ3n) is 5.96. The molecule has 174 valence electrons. The number of nitrogens with one attached hydrogen (secondary N) is 2. The van der Waals surface area contributed by atoms with Crippen molar-refractivity contribution in [3.63, 3.8) is 0 Å². The van der Waals surface area contributed by atoms with E-state index in [1.165, 1.54) is 18.2 Å². The number of carbonyl (C=O) groups excluding carboxylic acids is 2. The van der Waals surface area contributed by atoms with Gasteiger partial charge in [-0.15, -0.1) is 0 Å². The number of benzene rings is 2. The number of piperidine rings is 1. The number of likely N-dealkylation sites (tertiary alicyclic amines) is 1. The molecule has 2 atom stereocenters. The molecule has 4 rings (SSSR count). The van der Waals surface area contributed by atoms with Gasteiger partial charge in [0.25, 0.3) is 11.8 Å². The first-order valence-electron chi connectivity index (χ1n) is 11.5. The Hall–Kier alpha value is -2.28. The van der Waals surface area contributed by atoms with Crippen molar-refractivity contribution in [2.24, 2.45) is 11.8 Å². The topological polar surface area (TPSA) is 61.4 Å². The molecule has 2 aromatic carbocycles. The van der Waals surface area contributed by atoms with E-state index in [0.29, 0.717) is 27.7 Å². The Morgan fingerprint density at radius 1 is 1.21 bits per heavy atom. The van der Waals surface area contributed by atoms with Crippen LogP contribution in [0.5, 0.6) is 0 Å². The van der Waals surface area contributed by atoms with Gasteiger partial charge < -0.3 is 15.5 Å². The summed E-state index contributed by atoms with van der Waals surface area (Å²) < 4.78 is 0. The molecule has 2 amide bonds. The highest BCUT2D eigenvalue weighted by atomic mass is 35.5. The molecule has 1 saturated heterocycles. The molecule has 0 aliphatic carbocycles. The molecule has 0 radical (unpaired) electrons. The molecule has 2 aliphatic heterocycles. The Kier molecular flexibility index (Phi) is 7.78. The van der Waals surface area contributed by atoms with Gasteiger partial charge in [-0.2, -0.15) is 0 Å². The zero-order valence-electron chi connectivity index (χ0n) is 19.1. The summed E-state index contributed by atoms with van der Waals surface area (Å²) in [6.07, 6.45) is 4.05. The van der Waals surface area contributed by atoms with E-state index in [9.17, 15) is 9.59 Å². The lowest BCUT2D eigenvalue weighted by molar-refractivity contribution is -0.112. The van der Waals surface area contributed by atoms with Crippen molar-refractivity contribution in [3.8, 4) is 0 Å². The van der Waals surface area contributed by atoms with Crippen LogP contribution >= 0.6 is 23.4 Å². The van der Waals surface area contributed by atoms with Crippen LogP contribution in [0, 0.1) is 11.8 Å². The highest BCUT2D eigenvalue weighted by Crippen LogP contribution is 2.39. The van der Waals surface area contributed by atoms with E-state index in [-0.39, 0.29) is 11.8 Å². The summed E-state index contributed by atoms with van der Waals surface area (Å²) in [7, 11) is 0. The van der Waals surface area contributed by atoms with Gasteiger partial charge in [0, 0.05) is 35.1 Å². The second-order valence-corrected chi connectivity index (χ2v) is 10.7. The van der Waals surface area contributed by atoms with Crippen LogP contribution in [0.25, 0.3) is 6.08 Å². The predicted molar refractivity (Wildman–Crippen MR) is 137 cm³/mol. The van der Waals surface area contributed by atoms with Gasteiger partial charge in [0.05, 0.1) is 10.6 Å². The number of halogens is 1. The fraction of sp³-hybridized carbons (Fsp3) is 0.385. The number of thioether (sulfide) groups is 1. The van der Waals surface area contributed by atoms with Crippen LogP contribution in [0.1, 0.15) is 42.6 Å². The van der Waals surface area contributed by atoms with Gasteiger partial charge in [0.15, 0.2) is 0 Å². The highest BCUT2D eigenvalue weighted by Gasteiger charge is 2.23. The maximum Gasteiger partial charge on any atom is 0.262 e. The van der Waals surface area contributed by atoms with Gasteiger partial charge in [-0.25, -0.2) is 0 Å². The van der Waals surface area contributed by atoms with E-state index >= 15 is 0 Å². The molecule has 0 bridgehead atoms. The lowest BCUT2D eigenvalue weighted by atomic mass is 9.92. The Morgan fingerprint density at radius 3 is 2.76 bits per heavy atom. The van der Waals surface area contributed by atoms with Crippen molar-refractivity contribution >= 4 is 46.9 Å². The summed E-state index contributed by atoms with van der Waals surface area (Å²) in [5.74, 6) is 1.19. The van der Waals surface area contributed by atoms with Gasteiger partial charge in [0.2, 0.25) is 0 Å². The second-order valence-electron chi connectivity index (χ2n) is 9.15. The molecule has 0 saturated carbocycles. The minimum absolute atomic E-state index is 0.113. The van der Waals surface area contributed by atoms with E-state index < -0.39 is 0 Å². The largest absolute Gasteiger partial charge is 0.352 e.